The molecule has 14 heteroatoms. The van der Waals surface area contributed by atoms with Crippen molar-refractivity contribution in [3.8, 4) is 5.75 Å². The highest BCUT2D eigenvalue weighted by molar-refractivity contribution is 7.53. The number of benzene rings is 1. The topological polar surface area (TPSA) is 35.5 Å². The molecule has 0 heterocycles. The Hall–Kier alpha value is -1.20. The molecule has 0 spiro atoms. The van der Waals surface area contributed by atoms with Gasteiger partial charge in [-0.25, -0.2) is 4.57 Å². The molecule has 0 aliphatic rings. The van der Waals surface area contributed by atoms with Gasteiger partial charge < -0.3 is 4.52 Å². The molecule has 0 aliphatic heterocycles. The SMILES string of the molecule is CCC[Si](CCC)(CCC)CC(OP(C)(=O)Oc1ccccc1)C(F)(F)C(F)(F)C(F)(F)C(F)(F)F. The Balaban J connectivity index is 3.62. The average Bonchev–Trinajstić information content (AvgIpc) is 2.73. The van der Waals surface area contributed by atoms with Crippen LogP contribution in [0.3, 0.4) is 0 Å². The highest BCUT2D eigenvalue weighted by Crippen LogP contribution is 2.58. The van der Waals surface area contributed by atoms with Crippen molar-refractivity contribution in [3.63, 3.8) is 0 Å². The maximum absolute atomic E-state index is 15.2. The molecule has 1 aromatic carbocycles. The van der Waals surface area contributed by atoms with Gasteiger partial charge in [0.25, 0.3) is 0 Å². The second-order valence-corrected chi connectivity index (χ2v) is 15.8. The molecule has 0 aliphatic carbocycles. The van der Waals surface area contributed by atoms with Gasteiger partial charge in [-0.1, -0.05) is 76.4 Å². The van der Waals surface area contributed by atoms with Crippen LogP contribution in [-0.2, 0) is 9.09 Å². The molecule has 0 N–H and O–H groups in total. The zero-order valence-corrected chi connectivity index (χ0v) is 22.4. The quantitative estimate of drug-likeness (QED) is 0.119. The van der Waals surface area contributed by atoms with Crippen LogP contribution in [0.1, 0.15) is 40.0 Å². The Labute approximate surface area is 206 Å². The van der Waals surface area contributed by atoms with Crippen molar-refractivity contribution < 1.29 is 53.1 Å². The van der Waals surface area contributed by atoms with E-state index in [0.717, 1.165) is 0 Å². The fraction of sp³-hybridized carbons (Fsp3) is 0.727. The van der Waals surface area contributed by atoms with E-state index >= 15 is 8.78 Å². The van der Waals surface area contributed by atoms with E-state index in [2.05, 4.69) is 0 Å². The van der Waals surface area contributed by atoms with Crippen LogP contribution in [-0.4, -0.2) is 44.8 Å². The second kappa shape index (κ2) is 12.1. The van der Waals surface area contributed by atoms with Crippen molar-refractivity contribution in [2.45, 2.75) is 94.3 Å². The normalized spacial score (nSPS) is 16.5. The molecule has 1 rings (SSSR count). The van der Waals surface area contributed by atoms with Crippen LogP contribution in [0, 0.1) is 0 Å². The van der Waals surface area contributed by atoms with E-state index in [4.69, 9.17) is 9.05 Å². The van der Waals surface area contributed by atoms with Gasteiger partial charge in [0, 0.05) is 6.66 Å². The molecular formula is C22H32F9O3PSi. The van der Waals surface area contributed by atoms with Crippen LogP contribution in [0.5, 0.6) is 5.75 Å². The number of halogens is 9. The van der Waals surface area contributed by atoms with Crippen LogP contribution < -0.4 is 4.52 Å². The van der Waals surface area contributed by atoms with Gasteiger partial charge in [0.15, 0.2) is 0 Å². The van der Waals surface area contributed by atoms with Gasteiger partial charge in [-0.15, -0.1) is 0 Å². The molecule has 36 heavy (non-hydrogen) atoms. The average molecular weight is 575 g/mol. The summed E-state index contributed by atoms with van der Waals surface area (Å²) in [7, 11) is -7.67. The van der Waals surface area contributed by atoms with E-state index in [-0.39, 0.29) is 5.75 Å². The number of rotatable bonds is 15. The Kier molecular flexibility index (Phi) is 11.0. The van der Waals surface area contributed by atoms with Gasteiger partial charge in [0.05, 0.1) is 8.07 Å². The maximum atomic E-state index is 15.2. The van der Waals surface area contributed by atoms with E-state index in [9.17, 15) is 35.3 Å². The molecule has 210 valence electrons. The molecule has 0 saturated heterocycles. The van der Waals surface area contributed by atoms with Gasteiger partial charge in [-0.2, -0.15) is 39.5 Å². The number of para-hydroxylation sites is 1. The summed E-state index contributed by atoms with van der Waals surface area (Å²) in [6.07, 6.45) is -8.83. The van der Waals surface area contributed by atoms with Crippen molar-refractivity contribution in [2.24, 2.45) is 0 Å². The first-order valence-electron chi connectivity index (χ1n) is 11.5. The number of hydrogen-bond donors (Lipinski definition) is 0. The Bertz CT molecular complexity index is 849. The van der Waals surface area contributed by atoms with Crippen LogP contribution in [0.25, 0.3) is 0 Å². The monoisotopic (exact) mass is 574 g/mol. The molecule has 2 atom stereocenters. The first-order valence-corrected chi connectivity index (χ1v) is 16.3. The standard InChI is InChI=1S/C22H32F9O3PSi/c1-5-13-36(14-6-2,15-7-3)16-18(34-35(4,32)33-17-11-9-8-10-12-17)19(23,24)20(25,26)21(27,28)22(29,30)31/h8-12,18H,5-7,13-16H2,1-4H3. The summed E-state index contributed by atoms with van der Waals surface area (Å²) in [5.41, 5.74) is 0. The van der Waals surface area contributed by atoms with Gasteiger partial charge in [-0.3, -0.25) is 4.52 Å². The second-order valence-electron chi connectivity index (χ2n) is 8.99. The Morgan fingerprint density at radius 1 is 0.806 bits per heavy atom. The predicted molar refractivity (Wildman–Crippen MR) is 122 cm³/mol. The lowest BCUT2D eigenvalue weighted by Crippen LogP contribution is -2.65. The lowest BCUT2D eigenvalue weighted by atomic mass is 10.00. The number of hydrogen-bond acceptors (Lipinski definition) is 3. The fourth-order valence-electron chi connectivity index (χ4n) is 4.41. The van der Waals surface area contributed by atoms with Gasteiger partial charge in [0.1, 0.15) is 11.9 Å². The molecule has 2 unspecified atom stereocenters. The van der Waals surface area contributed by atoms with E-state index in [1.807, 2.05) is 0 Å². The minimum atomic E-state index is -7.08. The smallest absolute Gasteiger partial charge is 0.425 e. The first kappa shape index (κ1) is 32.8. The van der Waals surface area contributed by atoms with E-state index in [0.29, 0.717) is 44.1 Å². The molecule has 1 aromatic rings. The van der Waals surface area contributed by atoms with Crippen molar-refractivity contribution in [3.05, 3.63) is 30.3 Å². The summed E-state index contributed by atoms with van der Waals surface area (Å²) in [6.45, 7) is 5.83. The largest absolute Gasteiger partial charge is 0.460 e. The van der Waals surface area contributed by atoms with E-state index in [1.54, 1.807) is 20.8 Å². The van der Waals surface area contributed by atoms with Crippen molar-refractivity contribution in [2.75, 3.05) is 6.66 Å². The first-order chi connectivity index (χ1) is 16.3. The summed E-state index contributed by atoms with van der Waals surface area (Å²) >= 11 is 0. The molecule has 0 aromatic heterocycles. The molecule has 0 radical (unpaired) electrons. The van der Waals surface area contributed by atoms with Crippen LogP contribution in [0.4, 0.5) is 39.5 Å². The third kappa shape index (κ3) is 7.43. The van der Waals surface area contributed by atoms with Crippen LogP contribution >= 0.6 is 7.60 Å². The molecular weight excluding hydrogens is 542 g/mol. The van der Waals surface area contributed by atoms with Crippen molar-refractivity contribution in [1.29, 1.82) is 0 Å². The van der Waals surface area contributed by atoms with Crippen molar-refractivity contribution in [1.82, 2.24) is 0 Å². The lowest BCUT2D eigenvalue weighted by Gasteiger charge is -2.42. The number of alkyl halides is 9. The molecule has 0 saturated carbocycles. The Morgan fingerprint density at radius 3 is 1.64 bits per heavy atom. The van der Waals surface area contributed by atoms with Gasteiger partial charge in [0.2, 0.25) is 0 Å². The summed E-state index contributed by atoms with van der Waals surface area (Å²) in [4.78, 5) is 0. The highest BCUT2D eigenvalue weighted by Gasteiger charge is 2.83. The predicted octanol–water partition coefficient (Wildman–Crippen LogP) is 9.42. The van der Waals surface area contributed by atoms with Crippen molar-refractivity contribution >= 4 is 15.7 Å². The summed E-state index contributed by atoms with van der Waals surface area (Å²) in [5.74, 6) is -20.2. The lowest BCUT2D eigenvalue weighted by molar-refractivity contribution is -0.403. The van der Waals surface area contributed by atoms with E-state index < -0.39 is 51.8 Å². The summed E-state index contributed by atoms with van der Waals surface area (Å²) < 4.78 is 148. The molecule has 3 nitrogen and oxygen atoms in total. The zero-order valence-electron chi connectivity index (χ0n) is 20.5. The zero-order chi connectivity index (χ0) is 28.1. The van der Waals surface area contributed by atoms with Crippen LogP contribution in [0.2, 0.25) is 24.2 Å². The van der Waals surface area contributed by atoms with Gasteiger partial charge in [-0.05, 0) is 18.2 Å². The molecule has 0 fully saturated rings. The highest BCUT2D eigenvalue weighted by atomic mass is 31.2. The summed E-state index contributed by atoms with van der Waals surface area (Å²) in [5, 5.41) is 0. The summed E-state index contributed by atoms with van der Waals surface area (Å²) in [6, 6.07) is 6.94. The maximum Gasteiger partial charge on any atom is 0.460 e. The fourth-order valence-corrected chi connectivity index (χ4v) is 11.4. The third-order valence-electron chi connectivity index (χ3n) is 5.87. The minimum Gasteiger partial charge on any atom is -0.425 e. The third-order valence-corrected chi connectivity index (χ3v) is 13.0. The molecule has 0 amide bonds. The minimum absolute atomic E-state index is 0.156. The Morgan fingerprint density at radius 2 is 1.25 bits per heavy atom. The van der Waals surface area contributed by atoms with E-state index in [1.165, 1.54) is 30.3 Å². The van der Waals surface area contributed by atoms with Crippen LogP contribution in [0.15, 0.2) is 30.3 Å². The molecule has 0 bridgehead atoms. The van der Waals surface area contributed by atoms with Gasteiger partial charge >= 0.3 is 31.5 Å².